The first-order chi connectivity index (χ1) is 7.08. The summed E-state index contributed by atoms with van der Waals surface area (Å²) in [6.07, 6.45) is -1.19. The summed E-state index contributed by atoms with van der Waals surface area (Å²) >= 11 is 7.02. The van der Waals surface area contributed by atoms with Gasteiger partial charge < -0.3 is 5.11 Å². The first-order valence-electron chi connectivity index (χ1n) is 3.95. The Morgan fingerprint density at radius 3 is 2.93 bits per heavy atom. The minimum absolute atomic E-state index is 0.303. The van der Waals surface area contributed by atoms with Crippen molar-refractivity contribution in [3.63, 3.8) is 0 Å². The average molecular weight is 246 g/mol. The first kappa shape index (κ1) is 10.2. The van der Waals surface area contributed by atoms with Crippen molar-refractivity contribution in [2.45, 2.75) is 0 Å². The Kier molecular flexibility index (Phi) is 2.50. The van der Waals surface area contributed by atoms with E-state index in [0.717, 1.165) is 11.3 Å². The number of thiophene rings is 1. The first-order valence-corrected chi connectivity index (χ1v) is 5.15. The number of hydrogen-bond acceptors (Lipinski definition) is 2. The molecule has 1 heterocycles. The molecule has 0 radical (unpaired) electrons. The van der Waals surface area contributed by atoms with E-state index >= 15 is 0 Å². The van der Waals surface area contributed by atoms with E-state index in [9.17, 15) is 9.18 Å². The van der Waals surface area contributed by atoms with E-state index in [1.54, 1.807) is 0 Å². The number of fused-ring (bicyclic) bond motifs is 1. The number of rotatable bonds is 1. The Labute approximate surface area is 93.1 Å². The molecule has 0 unspecified atom stereocenters. The van der Waals surface area contributed by atoms with Crippen LogP contribution >= 0.6 is 22.9 Å². The predicted octanol–water partition coefficient (Wildman–Crippen LogP) is 3.78. The van der Waals surface area contributed by atoms with E-state index in [1.165, 1.54) is 18.2 Å². The highest BCUT2D eigenvalue weighted by Crippen LogP contribution is 2.39. The average Bonchev–Trinajstić information content (AvgIpc) is 2.42. The van der Waals surface area contributed by atoms with E-state index in [-0.39, 0.29) is 5.82 Å². The Morgan fingerprint density at radius 2 is 2.27 bits per heavy atom. The Bertz CT molecular complexity index is 540. The molecule has 0 spiro atoms. The van der Waals surface area contributed by atoms with Crippen LogP contribution in [-0.4, -0.2) is 11.2 Å². The fraction of sp³-hybridized carbons (Fsp3) is 0. The highest BCUT2D eigenvalue weighted by Gasteiger charge is 2.12. The fourth-order valence-electron chi connectivity index (χ4n) is 1.22. The van der Waals surface area contributed by atoms with Gasteiger partial charge in [0.05, 0.1) is 5.02 Å². The van der Waals surface area contributed by atoms with Gasteiger partial charge in [0.15, 0.2) is 0 Å². The van der Waals surface area contributed by atoms with Gasteiger partial charge in [-0.25, -0.2) is 9.18 Å². The topological polar surface area (TPSA) is 49.3 Å². The summed E-state index contributed by atoms with van der Waals surface area (Å²) in [5.74, 6) is -0.373. The molecule has 2 aromatic rings. The zero-order valence-corrected chi connectivity index (χ0v) is 8.82. The van der Waals surface area contributed by atoms with E-state index in [0.29, 0.717) is 20.1 Å². The predicted molar refractivity (Wildman–Crippen MR) is 58.4 cm³/mol. The van der Waals surface area contributed by atoms with Gasteiger partial charge in [-0.1, -0.05) is 11.6 Å². The van der Waals surface area contributed by atoms with Gasteiger partial charge in [0.25, 0.3) is 0 Å². The molecule has 15 heavy (non-hydrogen) atoms. The molecule has 78 valence electrons. The third-order valence-corrected chi connectivity index (χ3v) is 3.38. The number of amides is 1. The van der Waals surface area contributed by atoms with Gasteiger partial charge in [-0.05, 0) is 18.2 Å². The van der Waals surface area contributed by atoms with Gasteiger partial charge in [0.1, 0.15) is 10.8 Å². The van der Waals surface area contributed by atoms with Crippen molar-refractivity contribution in [2.24, 2.45) is 0 Å². The van der Waals surface area contributed by atoms with Crippen molar-refractivity contribution in [1.29, 1.82) is 0 Å². The molecular weight excluding hydrogens is 241 g/mol. The number of nitrogens with one attached hydrogen (secondary N) is 1. The monoisotopic (exact) mass is 245 g/mol. The lowest BCUT2D eigenvalue weighted by Crippen LogP contribution is -2.05. The smallest absolute Gasteiger partial charge is 0.409 e. The maximum Gasteiger partial charge on any atom is 0.409 e. The van der Waals surface area contributed by atoms with Gasteiger partial charge in [-0.3, -0.25) is 5.32 Å². The molecule has 2 N–H and O–H groups in total. The Hall–Kier alpha value is -1.33. The highest BCUT2D eigenvalue weighted by atomic mass is 35.5. The van der Waals surface area contributed by atoms with Crippen LogP contribution in [0.1, 0.15) is 0 Å². The molecule has 0 aliphatic heterocycles. The van der Waals surface area contributed by atoms with Crippen LogP contribution in [0.25, 0.3) is 10.1 Å². The van der Waals surface area contributed by atoms with Crippen LogP contribution in [0.4, 0.5) is 14.2 Å². The molecule has 0 saturated carbocycles. The van der Waals surface area contributed by atoms with E-state index in [2.05, 4.69) is 5.32 Å². The molecule has 1 aromatic heterocycles. The lowest BCUT2D eigenvalue weighted by Gasteiger charge is -1.94. The van der Waals surface area contributed by atoms with Crippen LogP contribution in [0, 0.1) is 5.82 Å². The van der Waals surface area contributed by atoms with E-state index < -0.39 is 6.09 Å². The van der Waals surface area contributed by atoms with Crippen LogP contribution in [0.5, 0.6) is 0 Å². The summed E-state index contributed by atoms with van der Waals surface area (Å²) in [6, 6.07) is 4.13. The SMILES string of the molecule is O=C(O)Nc1sc2cc(F)ccc2c1Cl. The fourth-order valence-corrected chi connectivity index (χ4v) is 2.61. The summed E-state index contributed by atoms with van der Waals surface area (Å²) in [4.78, 5) is 10.4. The van der Waals surface area contributed by atoms with Crippen molar-refractivity contribution >= 4 is 44.1 Å². The Morgan fingerprint density at radius 1 is 1.53 bits per heavy atom. The minimum atomic E-state index is -1.19. The molecule has 0 aliphatic rings. The van der Waals surface area contributed by atoms with Crippen LogP contribution in [0.2, 0.25) is 5.02 Å². The summed E-state index contributed by atoms with van der Waals surface area (Å²) in [6.45, 7) is 0. The highest BCUT2D eigenvalue weighted by molar-refractivity contribution is 7.23. The lowest BCUT2D eigenvalue weighted by atomic mass is 10.2. The van der Waals surface area contributed by atoms with E-state index in [4.69, 9.17) is 16.7 Å². The van der Waals surface area contributed by atoms with E-state index in [1.807, 2.05) is 0 Å². The number of hydrogen-bond donors (Lipinski definition) is 2. The van der Waals surface area contributed by atoms with Crippen molar-refractivity contribution < 1.29 is 14.3 Å². The molecular formula is C9H5ClFNO2S. The van der Waals surface area contributed by atoms with Crippen molar-refractivity contribution in [3.8, 4) is 0 Å². The van der Waals surface area contributed by atoms with Gasteiger partial charge >= 0.3 is 6.09 Å². The Balaban J connectivity index is 2.58. The zero-order chi connectivity index (χ0) is 11.0. The third kappa shape index (κ3) is 1.88. The van der Waals surface area contributed by atoms with Gasteiger partial charge in [0.2, 0.25) is 0 Å². The molecule has 2 rings (SSSR count). The van der Waals surface area contributed by atoms with Crippen molar-refractivity contribution in [2.75, 3.05) is 5.32 Å². The summed E-state index contributed by atoms with van der Waals surface area (Å²) in [5.41, 5.74) is 0. The summed E-state index contributed by atoms with van der Waals surface area (Å²) in [7, 11) is 0. The lowest BCUT2D eigenvalue weighted by molar-refractivity contribution is 0.210. The quantitative estimate of drug-likeness (QED) is 0.803. The second-order valence-electron chi connectivity index (χ2n) is 2.82. The van der Waals surface area contributed by atoms with Crippen LogP contribution in [-0.2, 0) is 0 Å². The van der Waals surface area contributed by atoms with Gasteiger partial charge in [0, 0.05) is 10.1 Å². The van der Waals surface area contributed by atoms with Crippen LogP contribution in [0.15, 0.2) is 18.2 Å². The number of halogens is 2. The molecule has 0 saturated heterocycles. The largest absolute Gasteiger partial charge is 0.465 e. The van der Waals surface area contributed by atoms with Crippen LogP contribution in [0.3, 0.4) is 0 Å². The van der Waals surface area contributed by atoms with Gasteiger partial charge in [-0.2, -0.15) is 0 Å². The second kappa shape index (κ2) is 3.67. The van der Waals surface area contributed by atoms with Crippen molar-refractivity contribution in [3.05, 3.63) is 29.0 Å². The number of benzene rings is 1. The normalized spacial score (nSPS) is 10.5. The molecule has 1 aromatic carbocycles. The molecule has 6 heteroatoms. The second-order valence-corrected chi connectivity index (χ2v) is 4.25. The van der Waals surface area contributed by atoms with Crippen LogP contribution < -0.4 is 5.32 Å². The molecule has 1 amide bonds. The summed E-state index contributed by atoms with van der Waals surface area (Å²) in [5, 5.41) is 12.0. The minimum Gasteiger partial charge on any atom is -0.465 e. The number of carboxylic acid groups (broad SMARTS) is 1. The maximum atomic E-state index is 12.9. The number of carbonyl (C=O) groups is 1. The molecule has 0 aliphatic carbocycles. The zero-order valence-electron chi connectivity index (χ0n) is 7.25. The third-order valence-electron chi connectivity index (χ3n) is 1.81. The standard InChI is InChI=1S/C9H5ClFNO2S/c10-7-5-2-1-4(11)3-6(5)15-8(7)12-9(13)14/h1-3,12H,(H,13,14). The molecule has 0 bridgehead atoms. The van der Waals surface area contributed by atoms with Crippen molar-refractivity contribution in [1.82, 2.24) is 0 Å². The molecule has 0 atom stereocenters. The molecule has 0 fully saturated rings. The summed E-state index contributed by atoms with van der Waals surface area (Å²) < 4.78 is 13.5. The number of anilines is 1. The maximum absolute atomic E-state index is 12.9. The van der Waals surface area contributed by atoms with Gasteiger partial charge in [-0.15, -0.1) is 11.3 Å². The molecule has 3 nitrogen and oxygen atoms in total.